The molecule has 3 atom stereocenters. The minimum Gasteiger partial charge on any atom is -0.481 e. The van der Waals surface area contributed by atoms with Crippen LogP contribution < -0.4 is 21.6 Å². The maximum Gasteiger partial charge on any atom is 0.491 e. The SMILES string of the molecule is O=C(O)C[C@H](NC(=O)[C@@H]1C[C@@H](NC(=O)c2ccc3c(c2)B(O)OC3)CN1C(=O)c1ccc2c(c1)B(O)OC2)c1ccc(C(F)(F)F)cc1. The Kier molecular flexibility index (Phi) is 9.04. The van der Waals surface area contributed by atoms with Crippen LogP contribution in [0.5, 0.6) is 0 Å². The molecule has 3 aromatic carbocycles. The van der Waals surface area contributed by atoms with Crippen LogP contribution in [0.15, 0.2) is 60.7 Å². The highest BCUT2D eigenvalue weighted by Gasteiger charge is 2.42. The Morgan fingerprint density at radius 2 is 1.48 bits per heavy atom. The number of benzene rings is 3. The third kappa shape index (κ3) is 6.80. The van der Waals surface area contributed by atoms with Crippen LogP contribution in [0.3, 0.4) is 0 Å². The molecular weight excluding hydrogens is 637 g/mol. The summed E-state index contributed by atoms with van der Waals surface area (Å²) in [6.45, 7) is 0.212. The zero-order chi connectivity index (χ0) is 34.3. The summed E-state index contributed by atoms with van der Waals surface area (Å²) in [5, 5.41) is 35.1. The molecule has 248 valence electrons. The van der Waals surface area contributed by atoms with E-state index in [1.165, 1.54) is 23.1 Å². The van der Waals surface area contributed by atoms with Crippen molar-refractivity contribution in [3.8, 4) is 0 Å². The first-order valence-electron chi connectivity index (χ1n) is 14.9. The predicted molar refractivity (Wildman–Crippen MR) is 163 cm³/mol. The number of alkyl halides is 3. The summed E-state index contributed by atoms with van der Waals surface area (Å²) in [7, 11) is -2.42. The van der Waals surface area contributed by atoms with E-state index in [0.717, 1.165) is 29.8 Å². The van der Waals surface area contributed by atoms with Gasteiger partial charge in [-0.05, 0) is 70.4 Å². The van der Waals surface area contributed by atoms with E-state index in [1.807, 2.05) is 0 Å². The number of carboxylic acid groups (broad SMARTS) is 1. The maximum atomic E-state index is 13.9. The highest BCUT2D eigenvalue weighted by Crippen LogP contribution is 2.31. The summed E-state index contributed by atoms with van der Waals surface area (Å²) in [6, 6.07) is 9.76. The molecule has 0 unspecified atom stereocenters. The van der Waals surface area contributed by atoms with Gasteiger partial charge in [0.05, 0.1) is 31.2 Å². The van der Waals surface area contributed by atoms with Crippen molar-refractivity contribution in [2.24, 2.45) is 0 Å². The van der Waals surface area contributed by atoms with E-state index >= 15 is 0 Å². The van der Waals surface area contributed by atoms with Gasteiger partial charge in [0.1, 0.15) is 6.04 Å². The van der Waals surface area contributed by atoms with Crippen LogP contribution in [0.2, 0.25) is 0 Å². The Morgan fingerprint density at radius 3 is 2.06 bits per heavy atom. The van der Waals surface area contributed by atoms with E-state index in [4.69, 9.17) is 9.31 Å². The number of fused-ring (bicyclic) bond motifs is 2. The Morgan fingerprint density at radius 1 is 0.896 bits per heavy atom. The second-order valence-corrected chi connectivity index (χ2v) is 11.8. The lowest BCUT2D eigenvalue weighted by molar-refractivity contribution is -0.139. The van der Waals surface area contributed by atoms with Crippen molar-refractivity contribution < 1.29 is 56.8 Å². The minimum atomic E-state index is -4.62. The molecule has 6 rings (SSSR count). The second-order valence-electron chi connectivity index (χ2n) is 11.8. The van der Waals surface area contributed by atoms with Gasteiger partial charge in [0, 0.05) is 23.7 Å². The molecule has 0 radical (unpaired) electrons. The number of carboxylic acids is 1. The van der Waals surface area contributed by atoms with Crippen LogP contribution in [-0.2, 0) is 38.3 Å². The van der Waals surface area contributed by atoms with Gasteiger partial charge in [-0.2, -0.15) is 13.2 Å². The quantitative estimate of drug-likeness (QED) is 0.215. The van der Waals surface area contributed by atoms with Crippen molar-refractivity contribution in [2.45, 2.75) is 50.4 Å². The summed E-state index contributed by atoms with van der Waals surface area (Å²) in [6.07, 6.45) is -5.36. The van der Waals surface area contributed by atoms with Gasteiger partial charge in [-0.3, -0.25) is 19.2 Å². The van der Waals surface area contributed by atoms with E-state index < -0.39 is 74.2 Å². The van der Waals surface area contributed by atoms with Gasteiger partial charge in [-0.1, -0.05) is 24.3 Å². The van der Waals surface area contributed by atoms with Gasteiger partial charge in [0.25, 0.3) is 11.8 Å². The molecule has 1 saturated heterocycles. The van der Waals surface area contributed by atoms with Crippen molar-refractivity contribution in [1.82, 2.24) is 15.5 Å². The molecule has 3 heterocycles. The fraction of sp³-hybridized carbons (Fsp3) is 0.290. The monoisotopic (exact) mass is 665 g/mol. The predicted octanol–water partition coefficient (Wildman–Crippen LogP) is 0.486. The lowest BCUT2D eigenvalue weighted by Gasteiger charge is -2.26. The van der Waals surface area contributed by atoms with Gasteiger partial charge in [0.15, 0.2) is 0 Å². The van der Waals surface area contributed by atoms with Crippen LogP contribution in [-0.4, -0.2) is 76.6 Å². The number of carbonyl (C=O) groups excluding carboxylic acids is 3. The van der Waals surface area contributed by atoms with Crippen molar-refractivity contribution in [2.75, 3.05) is 6.54 Å². The van der Waals surface area contributed by atoms with E-state index in [0.29, 0.717) is 16.5 Å². The van der Waals surface area contributed by atoms with Crippen molar-refractivity contribution in [3.05, 3.63) is 94.0 Å². The molecule has 17 heteroatoms. The summed E-state index contributed by atoms with van der Waals surface area (Å²) >= 11 is 0. The van der Waals surface area contributed by atoms with Crippen molar-refractivity contribution in [3.63, 3.8) is 0 Å². The number of hydrogen-bond acceptors (Lipinski definition) is 8. The number of aliphatic carboxylic acids is 1. The molecule has 5 N–H and O–H groups in total. The highest BCUT2D eigenvalue weighted by molar-refractivity contribution is 6.62. The number of likely N-dealkylation sites (tertiary alicyclic amines) is 1. The molecule has 0 bridgehead atoms. The number of hydrogen-bond donors (Lipinski definition) is 5. The van der Waals surface area contributed by atoms with Crippen molar-refractivity contribution >= 4 is 48.9 Å². The van der Waals surface area contributed by atoms with Crippen LogP contribution >= 0.6 is 0 Å². The molecule has 0 spiro atoms. The second kappa shape index (κ2) is 13.1. The Labute approximate surface area is 272 Å². The first kappa shape index (κ1) is 33.2. The molecule has 0 saturated carbocycles. The van der Waals surface area contributed by atoms with Gasteiger partial charge in [0.2, 0.25) is 5.91 Å². The zero-order valence-electron chi connectivity index (χ0n) is 25.1. The molecule has 12 nitrogen and oxygen atoms in total. The molecule has 3 amide bonds. The van der Waals surface area contributed by atoms with Crippen LogP contribution in [0.1, 0.15) is 61.9 Å². The summed E-state index contributed by atoms with van der Waals surface area (Å²) in [5.74, 6) is -3.26. The smallest absolute Gasteiger partial charge is 0.481 e. The third-order valence-corrected chi connectivity index (χ3v) is 8.66. The maximum absolute atomic E-state index is 13.9. The number of nitrogens with zero attached hydrogens (tertiary/aromatic N) is 1. The lowest BCUT2D eigenvalue weighted by atomic mass is 9.78. The fourth-order valence-corrected chi connectivity index (χ4v) is 6.15. The Balaban J connectivity index is 1.25. The summed E-state index contributed by atoms with van der Waals surface area (Å²) in [4.78, 5) is 53.8. The van der Waals surface area contributed by atoms with Gasteiger partial charge >= 0.3 is 26.4 Å². The molecule has 3 aliphatic rings. The minimum absolute atomic E-state index is 0.0799. The Hall–Kier alpha value is -4.70. The third-order valence-electron chi connectivity index (χ3n) is 8.66. The fourth-order valence-electron chi connectivity index (χ4n) is 6.15. The summed E-state index contributed by atoms with van der Waals surface area (Å²) < 4.78 is 49.8. The van der Waals surface area contributed by atoms with Crippen LogP contribution in [0.25, 0.3) is 0 Å². The standard InChI is InChI=1S/C31H28B2F3N3O9/c34-31(35,36)21-7-5-16(6-8-21)25(12-27(40)41)38-29(43)26-11-22(37-28(42)17-1-3-19-14-47-32(45)23(19)9-17)13-39(26)30(44)18-2-4-20-15-48-33(46)24(20)10-18/h1-10,22,25-26,45-46H,11-15H2,(H,37,42)(H,38,43)(H,40,41)/t22-,25+,26+/m1/s1. The number of amides is 3. The van der Waals surface area contributed by atoms with Crippen LogP contribution in [0, 0.1) is 0 Å². The van der Waals surface area contributed by atoms with E-state index in [9.17, 15) is 47.5 Å². The first-order valence-corrected chi connectivity index (χ1v) is 14.9. The topological polar surface area (TPSA) is 175 Å². The largest absolute Gasteiger partial charge is 0.491 e. The molecular formula is C31H28B2F3N3O9. The number of rotatable bonds is 8. The lowest BCUT2D eigenvalue weighted by Crippen LogP contribution is -2.47. The number of halogens is 3. The number of carbonyl (C=O) groups is 4. The molecule has 48 heavy (non-hydrogen) atoms. The highest BCUT2D eigenvalue weighted by atomic mass is 19.4. The van der Waals surface area contributed by atoms with E-state index in [2.05, 4.69) is 10.6 Å². The van der Waals surface area contributed by atoms with Gasteiger partial charge in [-0.25, -0.2) is 0 Å². The molecule has 3 aliphatic heterocycles. The molecule has 3 aromatic rings. The molecule has 0 aliphatic carbocycles. The van der Waals surface area contributed by atoms with Gasteiger partial charge < -0.3 is 40.0 Å². The zero-order valence-corrected chi connectivity index (χ0v) is 25.1. The summed E-state index contributed by atoms with van der Waals surface area (Å²) in [5.41, 5.74) is 1.72. The molecule has 0 aromatic heterocycles. The molecule has 1 fully saturated rings. The number of nitrogens with one attached hydrogen (secondary N) is 2. The van der Waals surface area contributed by atoms with E-state index in [1.54, 1.807) is 18.2 Å². The Bertz CT molecular complexity index is 1780. The van der Waals surface area contributed by atoms with Crippen LogP contribution in [0.4, 0.5) is 13.2 Å². The average molecular weight is 665 g/mol. The average Bonchev–Trinajstić information content (AvgIpc) is 3.76. The van der Waals surface area contributed by atoms with Crippen molar-refractivity contribution in [1.29, 1.82) is 0 Å². The first-order chi connectivity index (χ1) is 22.8. The van der Waals surface area contributed by atoms with E-state index in [-0.39, 0.29) is 42.9 Å². The van der Waals surface area contributed by atoms with Gasteiger partial charge in [-0.15, -0.1) is 0 Å². The normalized spacial score (nSPS) is 19.1.